The fraction of sp³-hybridized carbons (Fsp3) is 0.500. The molecule has 1 heterocycles. The minimum Gasteiger partial charge on any atom is -0.341 e. The van der Waals surface area contributed by atoms with Crippen LogP contribution >= 0.6 is 0 Å². The van der Waals surface area contributed by atoms with Gasteiger partial charge < -0.3 is 4.90 Å². The van der Waals surface area contributed by atoms with Gasteiger partial charge in [0, 0.05) is 23.1 Å². The van der Waals surface area contributed by atoms with Gasteiger partial charge in [0.1, 0.15) is 6.33 Å². The van der Waals surface area contributed by atoms with E-state index in [-0.39, 0.29) is 5.95 Å². The first kappa shape index (κ1) is 12.7. The molecule has 0 spiro atoms. The number of azide groups is 1. The summed E-state index contributed by atoms with van der Waals surface area (Å²) in [5.41, 5.74) is 8.07. The van der Waals surface area contributed by atoms with Gasteiger partial charge in [0.15, 0.2) is 0 Å². The van der Waals surface area contributed by atoms with Crippen molar-refractivity contribution < 1.29 is 4.79 Å². The fourth-order valence-electron chi connectivity index (χ4n) is 1.17. The molecule has 1 N–H and O–H groups in total. The summed E-state index contributed by atoms with van der Waals surface area (Å²) in [5.74, 6) is 0.514. The lowest BCUT2D eigenvalue weighted by Crippen LogP contribution is -2.25. The Bertz CT molecular complexity index is 437. The number of aromatic nitrogens is 3. The summed E-state index contributed by atoms with van der Waals surface area (Å²) in [7, 11) is 0. The first-order chi connectivity index (χ1) is 8.21. The van der Waals surface area contributed by atoms with Gasteiger partial charge in [-0.1, -0.05) is 0 Å². The summed E-state index contributed by atoms with van der Waals surface area (Å²) in [6, 6.07) is -0.857. The standard InChI is InChI=1S/C8H12N8O/c1-3-16(4-2)7-11-5-10-6(12-7)13-8(17)14-15-9/h5H,3-4H2,1-2H3,(H,10,11,12,13,17). The number of hydrogen-bond acceptors (Lipinski definition) is 5. The third kappa shape index (κ3) is 3.58. The van der Waals surface area contributed by atoms with Gasteiger partial charge in [0.05, 0.1) is 0 Å². The summed E-state index contributed by atoms with van der Waals surface area (Å²) in [4.78, 5) is 27.0. The van der Waals surface area contributed by atoms with E-state index in [0.29, 0.717) is 5.95 Å². The predicted octanol–water partition coefficient (Wildman–Crippen LogP) is 1.56. The number of anilines is 2. The zero-order chi connectivity index (χ0) is 12.7. The van der Waals surface area contributed by atoms with Crippen molar-refractivity contribution in [1.82, 2.24) is 15.0 Å². The van der Waals surface area contributed by atoms with Crippen LogP contribution in [0.15, 0.2) is 11.4 Å². The molecular formula is C8H12N8O. The second kappa shape index (κ2) is 6.23. The maximum Gasteiger partial charge on any atom is 0.314 e. The molecule has 2 amide bonds. The quantitative estimate of drug-likeness (QED) is 0.483. The van der Waals surface area contributed by atoms with Crippen molar-refractivity contribution in [3.63, 3.8) is 0 Å². The topological polar surface area (TPSA) is 120 Å². The highest BCUT2D eigenvalue weighted by atomic mass is 16.2. The van der Waals surface area contributed by atoms with Crippen molar-refractivity contribution in [2.75, 3.05) is 23.3 Å². The first-order valence-corrected chi connectivity index (χ1v) is 5.01. The van der Waals surface area contributed by atoms with E-state index in [1.807, 2.05) is 18.7 Å². The number of carbonyl (C=O) groups excluding carboxylic acids is 1. The van der Waals surface area contributed by atoms with Crippen LogP contribution < -0.4 is 10.2 Å². The van der Waals surface area contributed by atoms with Crippen LogP contribution in [-0.4, -0.2) is 34.1 Å². The summed E-state index contributed by atoms with van der Waals surface area (Å²) in [5, 5.41) is 5.09. The summed E-state index contributed by atoms with van der Waals surface area (Å²) >= 11 is 0. The van der Waals surface area contributed by atoms with Crippen LogP contribution in [0.25, 0.3) is 10.4 Å². The van der Waals surface area contributed by atoms with Crippen LogP contribution in [-0.2, 0) is 0 Å². The summed E-state index contributed by atoms with van der Waals surface area (Å²) < 4.78 is 0. The average Bonchev–Trinajstić information content (AvgIpc) is 2.31. The zero-order valence-electron chi connectivity index (χ0n) is 9.53. The Morgan fingerprint density at radius 2 is 2.24 bits per heavy atom. The van der Waals surface area contributed by atoms with Crippen molar-refractivity contribution in [1.29, 1.82) is 0 Å². The molecule has 9 heteroatoms. The second-order valence-corrected chi connectivity index (χ2v) is 2.90. The van der Waals surface area contributed by atoms with Gasteiger partial charge in [0.2, 0.25) is 11.9 Å². The molecular weight excluding hydrogens is 224 g/mol. The molecule has 0 atom stereocenters. The van der Waals surface area contributed by atoms with Gasteiger partial charge in [-0.2, -0.15) is 4.98 Å². The van der Waals surface area contributed by atoms with Crippen LogP contribution in [0.4, 0.5) is 16.7 Å². The van der Waals surface area contributed by atoms with Crippen LogP contribution in [0.5, 0.6) is 0 Å². The zero-order valence-corrected chi connectivity index (χ0v) is 9.53. The maximum atomic E-state index is 11.0. The highest BCUT2D eigenvalue weighted by molar-refractivity contribution is 5.88. The summed E-state index contributed by atoms with van der Waals surface area (Å²) in [6.45, 7) is 5.41. The van der Waals surface area contributed by atoms with Crippen molar-refractivity contribution in [3.05, 3.63) is 16.8 Å². The van der Waals surface area contributed by atoms with Gasteiger partial charge in [-0.25, -0.2) is 9.97 Å². The number of urea groups is 1. The van der Waals surface area contributed by atoms with E-state index in [2.05, 4.69) is 30.3 Å². The normalized spacial score (nSPS) is 9.29. The predicted molar refractivity (Wildman–Crippen MR) is 61.6 cm³/mol. The Hall–Kier alpha value is -2.41. The molecule has 1 rings (SSSR count). The fourth-order valence-corrected chi connectivity index (χ4v) is 1.17. The number of carbonyl (C=O) groups is 1. The average molecular weight is 236 g/mol. The maximum absolute atomic E-state index is 11.0. The molecule has 0 saturated carbocycles. The molecule has 0 aromatic carbocycles. The van der Waals surface area contributed by atoms with E-state index >= 15 is 0 Å². The third-order valence-corrected chi connectivity index (χ3v) is 1.96. The molecule has 0 unspecified atom stereocenters. The van der Waals surface area contributed by atoms with E-state index in [0.717, 1.165) is 13.1 Å². The van der Waals surface area contributed by atoms with E-state index in [9.17, 15) is 4.79 Å². The van der Waals surface area contributed by atoms with Gasteiger partial charge in [-0.05, 0) is 19.4 Å². The number of rotatable bonds is 4. The van der Waals surface area contributed by atoms with E-state index in [4.69, 9.17) is 5.53 Å². The number of nitrogens with one attached hydrogen (secondary N) is 1. The summed E-state index contributed by atoms with van der Waals surface area (Å²) in [6.07, 6.45) is 1.28. The monoisotopic (exact) mass is 236 g/mol. The van der Waals surface area contributed by atoms with Crippen molar-refractivity contribution in [2.45, 2.75) is 13.8 Å². The molecule has 0 saturated heterocycles. The number of nitrogens with zero attached hydrogens (tertiary/aromatic N) is 7. The van der Waals surface area contributed by atoms with Gasteiger partial charge >= 0.3 is 6.03 Å². The first-order valence-electron chi connectivity index (χ1n) is 5.01. The molecule has 9 nitrogen and oxygen atoms in total. The van der Waals surface area contributed by atoms with Crippen molar-refractivity contribution >= 4 is 17.9 Å². The lowest BCUT2D eigenvalue weighted by molar-refractivity contribution is 0.259. The molecule has 0 fully saturated rings. The Kier molecular flexibility index (Phi) is 4.64. The molecule has 1 aromatic heterocycles. The largest absolute Gasteiger partial charge is 0.341 e. The Morgan fingerprint density at radius 3 is 2.82 bits per heavy atom. The van der Waals surface area contributed by atoms with Gasteiger partial charge in [-0.3, -0.25) is 10.1 Å². The molecule has 0 radical (unpaired) electrons. The smallest absolute Gasteiger partial charge is 0.314 e. The SMILES string of the molecule is CCN(CC)c1ncnc(NC(=O)N=[N+]=[N-])n1. The third-order valence-electron chi connectivity index (χ3n) is 1.96. The van der Waals surface area contributed by atoms with E-state index < -0.39 is 6.03 Å². The number of hydrogen-bond donors (Lipinski definition) is 1. The Morgan fingerprint density at radius 1 is 1.53 bits per heavy atom. The highest BCUT2D eigenvalue weighted by Crippen LogP contribution is 2.07. The van der Waals surface area contributed by atoms with Gasteiger partial charge in [0.25, 0.3) is 0 Å². The van der Waals surface area contributed by atoms with Gasteiger partial charge in [-0.15, -0.1) is 0 Å². The minimum atomic E-state index is -0.857. The molecule has 0 aliphatic rings. The van der Waals surface area contributed by atoms with Crippen LogP contribution in [0.3, 0.4) is 0 Å². The van der Waals surface area contributed by atoms with Crippen LogP contribution in [0, 0.1) is 0 Å². The van der Waals surface area contributed by atoms with Crippen molar-refractivity contribution in [3.8, 4) is 0 Å². The second-order valence-electron chi connectivity index (χ2n) is 2.90. The molecule has 1 aromatic rings. The van der Waals surface area contributed by atoms with Crippen molar-refractivity contribution in [2.24, 2.45) is 5.11 Å². The molecule has 0 aliphatic heterocycles. The molecule has 0 aliphatic carbocycles. The number of amides is 2. The molecule has 90 valence electrons. The Balaban J connectivity index is 2.85. The highest BCUT2D eigenvalue weighted by Gasteiger charge is 2.08. The minimum absolute atomic E-state index is 0.0549. The molecule has 0 bridgehead atoms. The lowest BCUT2D eigenvalue weighted by atomic mass is 10.5. The lowest BCUT2D eigenvalue weighted by Gasteiger charge is -2.17. The molecule has 17 heavy (non-hydrogen) atoms. The van der Waals surface area contributed by atoms with E-state index in [1.165, 1.54) is 6.33 Å². The Labute approximate surface area is 97.5 Å². The van der Waals surface area contributed by atoms with E-state index in [1.54, 1.807) is 0 Å². The van der Waals surface area contributed by atoms with Crippen LogP contribution in [0.2, 0.25) is 0 Å². The van der Waals surface area contributed by atoms with Crippen LogP contribution in [0.1, 0.15) is 13.8 Å².